The monoisotopic (exact) mass is 298 g/mol. The maximum Gasteiger partial charge on any atom is 0.245 e. The van der Waals surface area contributed by atoms with E-state index < -0.39 is 6.04 Å². The van der Waals surface area contributed by atoms with Crippen LogP contribution in [0.4, 0.5) is 5.82 Å². The first-order valence-corrected chi connectivity index (χ1v) is 7.01. The van der Waals surface area contributed by atoms with Gasteiger partial charge in [-0.2, -0.15) is 0 Å². The number of carbonyl (C=O) groups excluding carboxylic acids is 1. The highest BCUT2D eigenvalue weighted by atomic mass is 35.5. The lowest BCUT2D eigenvalue weighted by atomic mass is 10.2. The SMILES string of the molecule is Cc1nc(Cl)cc(N2CCOCC2C(=O)NC(C)C)n1. The molecule has 1 N–H and O–H groups in total. The number of nitrogens with zero attached hydrogens (tertiary/aromatic N) is 3. The molecule has 7 heteroatoms. The van der Waals surface area contributed by atoms with E-state index in [1.54, 1.807) is 13.0 Å². The van der Waals surface area contributed by atoms with Gasteiger partial charge in [-0.3, -0.25) is 4.79 Å². The van der Waals surface area contributed by atoms with Crippen LogP contribution in [0.1, 0.15) is 19.7 Å². The highest BCUT2D eigenvalue weighted by Crippen LogP contribution is 2.20. The first-order chi connectivity index (χ1) is 9.47. The lowest BCUT2D eigenvalue weighted by Gasteiger charge is -2.35. The van der Waals surface area contributed by atoms with Crippen molar-refractivity contribution in [2.24, 2.45) is 0 Å². The van der Waals surface area contributed by atoms with E-state index >= 15 is 0 Å². The van der Waals surface area contributed by atoms with Crippen LogP contribution >= 0.6 is 11.6 Å². The maximum absolute atomic E-state index is 12.3. The van der Waals surface area contributed by atoms with E-state index in [2.05, 4.69) is 15.3 Å². The number of aryl methyl sites for hydroxylation is 1. The summed E-state index contributed by atoms with van der Waals surface area (Å²) in [5, 5.41) is 3.28. The number of halogens is 1. The number of rotatable bonds is 3. The molecule has 0 aliphatic carbocycles. The molecule has 0 aromatic carbocycles. The lowest BCUT2D eigenvalue weighted by Crippen LogP contribution is -2.55. The minimum Gasteiger partial charge on any atom is -0.377 e. The number of morpholine rings is 1. The van der Waals surface area contributed by atoms with Gasteiger partial charge >= 0.3 is 0 Å². The lowest BCUT2D eigenvalue weighted by molar-refractivity contribution is -0.125. The van der Waals surface area contributed by atoms with Crippen molar-refractivity contribution in [3.05, 3.63) is 17.0 Å². The molecule has 1 saturated heterocycles. The van der Waals surface area contributed by atoms with E-state index in [1.165, 1.54) is 0 Å². The van der Waals surface area contributed by atoms with Crippen LogP contribution in [-0.4, -0.2) is 47.7 Å². The fourth-order valence-electron chi connectivity index (χ4n) is 2.14. The Morgan fingerprint density at radius 2 is 2.30 bits per heavy atom. The molecule has 0 bridgehead atoms. The Balaban J connectivity index is 2.24. The third kappa shape index (κ3) is 3.58. The Hall–Kier alpha value is -1.40. The minimum atomic E-state index is -0.392. The number of aromatic nitrogens is 2. The molecule has 6 nitrogen and oxygen atoms in total. The third-order valence-corrected chi connectivity index (χ3v) is 3.14. The Morgan fingerprint density at radius 1 is 1.55 bits per heavy atom. The summed E-state index contributed by atoms with van der Waals surface area (Å²) in [6.07, 6.45) is 0. The number of ether oxygens (including phenoxy) is 1. The predicted molar refractivity (Wildman–Crippen MR) is 77.0 cm³/mol. The summed E-state index contributed by atoms with van der Waals surface area (Å²) in [6.45, 7) is 7.14. The predicted octanol–water partition coefficient (Wildman–Crippen LogP) is 1.17. The van der Waals surface area contributed by atoms with Crippen LogP contribution in [0.2, 0.25) is 5.15 Å². The zero-order valence-corrected chi connectivity index (χ0v) is 12.6. The zero-order valence-electron chi connectivity index (χ0n) is 11.9. The molecule has 0 radical (unpaired) electrons. The first-order valence-electron chi connectivity index (χ1n) is 6.63. The fourth-order valence-corrected chi connectivity index (χ4v) is 2.36. The molecule has 2 heterocycles. The van der Waals surface area contributed by atoms with Crippen molar-refractivity contribution >= 4 is 23.3 Å². The number of nitrogens with one attached hydrogen (secondary N) is 1. The number of carbonyl (C=O) groups is 1. The molecule has 110 valence electrons. The molecule has 1 unspecified atom stereocenters. The Morgan fingerprint density at radius 3 is 2.95 bits per heavy atom. The third-order valence-electron chi connectivity index (χ3n) is 2.95. The molecule has 2 rings (SSSR count). The second-order valence-electron chi connectivity index (χ2n) is 5.04. The first kappa shape index (κ1) is 15.0. The van der Waals surface area contributed by atoms with Crippen LogP contribution in [0.15, 0.2) is 6.07 Å². The van der Waals surface area contributed by atoms with Crippen molar-refractivity contribution in [2.45, 2.75) is 32.9 Å². The van der Waals surface area contributed by atoms with Crippen LogP contribution in [0.3, 0.4) is 0 Å². The van der Waals surface area contributed by atoms with Gasteiger partial charge in [0.15, 0.2) is 0 Å². The van der Waals surface area contributed by atoms with Crippen LogP contribution in [0, 0.1) is 6.92 Å². The van der Waals surface area contributed by atoms with Crippen molar-refractivity contribution < 1.29 is 9.53 Å². The molecular formula is C13H19ClN4O2. The van der Waals surface area contributed by atoms with Crippen molar-refractivity contribution in [2.75, 3.05) is 24.7 Å². The Bertz CT molecular complexity index is 475. The Kier molecular flexibility index (Phi) is 4.77. The van der Waals surface area contributed by atoms with E-state index in [0.29, 0.717) is 36.6 Å². The summed E-state index contributed by atoms with van der Waals surface area (Å²) >= 11 is 5.97. The quantitative estimate of drug-likeness (QED) is 0.849. The van der Waals surface area contributed by atoms with Crippen LogP contribution in [-0.2, 0) is 9.53 Å². The summed E-state index contributed by atoms with van der Waals surface area (Å²) in [5.74, 6) is 1.18. The molecule has 1 amide bonds. The topological polar surface area (TPSA) is 67.4 Å². The average Bonchev–Trinajstić information content (AvgIpc) is 2.36. The zero-order chi connectivity index (χ0) is 14.7. The summed E-state index contributed by atoms with van der Waals surface area (Å²) in [5.41, 5.74) is 0. The number of anilines is 1. The van der Waals surface area contributed by atoms with Crippen molar-refractivity contribution in [1.82, 2.24) is 15.3 Å². The largest absolute Gasteiger partial charge is 0.377 e. The van der Waals surface area contributed by atoms with Gasteiger partial charge in [0, 0.05) is 18.7 Å². The number of hydrogen-bond donors (Lipinski definition) is 1. The van der Waals surface area contributed by atoms with Gasteiger partial charge in [0.05, 0.1) is 13.2 Å². The second kappa shape index (κ2) is 6.37. The van der Waals surface area contributed by atoms with E-state index in [-0.39, 0.29) is 11.9 Å². The summed E-state index contributed by atoms with van der Waals surface area (Å²) in [7, 11) is 0. The fraction of sp³-hybridized carbons (Fsp3) is 0.615. The van der Waals surface area contributed by atoms with E-state index in [0.717, 1.165) is 0 Å². The number of hydrogen-bond acceptors (Lipinski definition) is 5. The average molecular weight is 299 g/mol. The van der Waals surface area contributed by atoms with Gasteiger partial charge < -0.3 is 15.0 Å². The van der Waals surface area contributed by atoms with Crippen LogP contribution in [0.5, 0.6) is 0 Å². The molecule has 1 aliphatic heterocycles. The molecular weight excluding hydrogens is 280 g/mol. The summed E-state index contributed by atoms with van der Waals surface area (Å²) in [6, 6.07) is 1.37. The van der Waals surface area contributed by atoms with Gasteiger partial charge in [0.1, 0.15) is 22.8 Å². The molecule has 20 heavy (non-hydrogen) atoms. The minimum absolute atomic E-state index is 0.0629. The van der Waals surface area contributed by atoms with Gasteiger partial charge in [0.25, 0.3) is 0 Å². The van der Waals surface area contributed by atoms with E-state index in [9.17, 15) is 4.79 Å². The second-order valence-corrected chi connectivity index (χ2v) is 5.43. The van der Waals surface area contributed by atoms with Crippen molar-refractivity contribution in [3.8, 4) is 0 Å². The van der Waals surface area contributed by atoms with Gasteiger partial charge in [-0.1, -0.05) is 11.6 Å². The van der Waals surface area contributed by atoms with Crippen LogP contribution < -0.4 is 10.2 Å². The highest BCUT2D eigenvalue weighted by molar-refractivity contribution is 6.29. The van der Waals surface area contributed by atoms with E-state index in [1.807, 2.05) is 18.7 Å². The standard InChI is InChI=1S/C13H19ClN4O2/c1-8(2)15-13(19)10-7-20-5-4-18(10)12-6-11(14)16-9(3)17-12/h6,8,10H,4-5,7H2,1-3H3,(H,15,19). The molecule has 0 spiro atoms. The summed E-state index contributed by atoms with van der Waals surface area (Å²) in [4.78, 5) is 22.6. The van der Waals surface area contributed by atoms with Gasteiger partial charge in [-0.05, 0) is 20.8 Å². The number of amides is 1. The molecule has 1 atom stereocenters. The van der Waals surface area contributed by atoms with Crippen LogP contribution in [0.25, 0.3) is 0 Å². The normalized spacial score (nSPS) is 19.2. The smallest absolute Gasteiger partial charge is 0.245 e. The van der Waals surface area contributed by atoms with Crippen molar-refractivity contribution in [3.63, 3.8) is 0 Å². The van der Waals surface area contributed by atoms with Crippen molar-refractivity contribution in [1.29, 1.82) is 0 Å². The molecule has 1 fully saturated rings. The molecule has 1 aromatic heterocycles. The van der Waals surface area contributed by atoms with Gasteiger partial charge in [-0.15, -0.1) is 0 Å². The molecule has 1 aromatic rings. The molecule has 0 saturated carbocycles. The van der Waals surface area contributed by atoms with E-state index in [4.69, 9.17) is 16.3 Å². The van der Waals surface area contributed by atoms with Gasteiger partial charge in [0.2, 0.25) is 5.91 Å². The highest BCUT2D eigenvalue weighted by Gasteiger charge is 2.31. The summed E-state index contributed by atoms with van der Waals surface area (Å²) < 4.78 is 5.42. The van der Waals surface area contributed by atoms with Gasteiger partial charge in [-0.25, -0.2) is 9.97 Å². The maximum atomic E-state index is 12.3. The Labute approximate surface area is 123 Å². The molecule has 1 aliphatic rings.